The molecule has 16 heavy (non-hydrogen) atoms. The molecule has 0 radical (unpaired) electrons. The summed E-state index contributed by atoms with van der Waals surface area (Å²) < 4.78 is 2.30. The van der Waals surface area contributed by atoms with Crippen molar-refractivity contribution in [3.8, 4) is 0 Å². The van der Waals surface area contributed by atoms with Gasteiger partial charge in [-0.1, -0.05) is 34.6 Å². The third kappa shape index (κ3) is 1.45. The molecule has 1 saturated carbocycles. The fraction of sp³-hybridized carbons (Fsp3) is 0.769. The zero-order chi connectivity index (χ0) is 12.0. The van der Waals surface area contributed by atoms with Gasteiger partial charge in [-0.2, -0.15) is 0 Å². The lowest BCUT2D eigenvalue weighted by atomic mass is 10.0. The van der Waals surface area contributed by atoms with Crippen LogP contribution < -0.4 is 5.32 Å². The highest BCUT2D eigenvalue weighted by atomic mass is 15.2. The van der Waals surface area contributed by atoms with Crippen molar-refractivity contribution in [2.24, 2.45) is 10.8 Å². The van der Waals surface area contributed by atoms with E-state index in [1.807, 2.05) is 6.20 Å². The Morgan fingerprint density at radius 1 is 1.31 bits per heavy atom. The molecular formula is C13H23N3. The van der Waals surface area contributed by atoms with Crippen LogP contribution in [0.25, 0.3) is 0 Å². The van der Waals surface area contributed by atoms with Gasteiger partial charge in [0.05, 0.1) is 0 Å². The third-order valence-corrected chi connectivity index (χ3v) is 4.42. The van der Waals surface area contributed by atoms with Crippen LogP contribution in [-0.2, 0) is 0 Å². The first-order valence-electron chi connectivity index (χ1n) is 6.19. The van der Waals surface area contributed by atoms with Gasteiger partial charge in [0.2, 0.25) is 5.95 Å². The van der Waals surface area contributed by atoms with E-state index in [-0.39, 0.29) is 0 Å². The molecule has 1 heterocycles. The summed E-state index contributed by atoms with van der Waals surface area (Å²) >= 11 is 0. The average molecular weight is 221 g/mol. The van der Waals surface area contributed by atoms with Crippen LogP contribution in [0.2, 0.25) is 0 Å². The molecule has 0 atom stereocenters. The summed E-state index contributed by atoms with van der Waals surface area (Å²) in [6.07, 6.45) is 5.12. The van der Waals surface area contributed by atoms with Gasteiger partial charge in [0.15, 0.2) is 0 Å². The predicted molar refractivity (Wildman–Crippen MR) is 67.6 cm³/mol. The number of imidazole rings is 1. The highest BCUT2D eigenvalue weighted by Gasteiger charge is 2.66. The van der Waals surface area contributed by atoms with Crippen LogP contribution in [0.3, 0.4) is 0 Å². The molecule has 0 unspecified atom stereocenters. The van der Waals surface area contributed by atoms with E-state index in [0.29, 0.717) is 16.9 Å². The molecule has 0 aromatic carbocycles. The summed E-state index contributed by atoms with van der Waals surface area (Å²) in [5, 5.41) is 3.39. The second kappa shape index (κ2) is 3.51. The van der Waals surface area contributed by atoms with Crippen LogP contribution in [0, 0.1) is 10.8 Å². The van der Waals surface area contributed by atoms with E-state index in [2.05, 4.69) is 55.7 Å². The van der Waals surface area contributed by atoms with Crippen molar-refractivity contribution < 1.29 is 0 Å². The second-order valence-corrected chi connectivity index (χ2v) is 5.93. The molecule has 3 heteroatoms. The zero-order valence-electron chi connectivity index (χ0n) is 11.0. The Hall–Kier alpha value is -0.990. The molecule has 2 rings (SSSR count). The van der Waals surface area contributed by atoms with E-state index in [1.165, 1.54) is 0 Å². The smallest absolute Gasteiger partial charge is 0.203 e. The number of hydrogen-bond donors (Lipinski definition) is 1. The highest BCUT2D eigenvalue weighted by molar-refractivity contribution is 5.31. The van der Waals surface area contributed by atoms with E-state index >= 15 is 0 Å². The second-order valence-electron chi connectivity index (χ2n) is 5.93. The Bertz CT molecular complexity index is 362. The van der Waals surface area contributed by atoms with E-state index in [4.69, 9.17) is 0 Å². The number of hydrogen-bond acceptors (Lipinski definition) is 2. The van der Waals surface area contributed by atoms with Gasteiger partial charge < -0.3 is 9.88 Å². The molecule has 1 aromatic rings. The Kier molecular flexibility index (Phi) is 2.52. The van der Waals surface area contributed by atoms with Gasteiger partial charge in [0, 0.05) is 25.0 Å². The average Bonchev–Trinajstić information content (AvgIpc) is 2.55. The molecule has 1 aliphatic carbocycles. The minimum Gasteiger partial charge on any atom is -0.356 e. The first kappa shape index (κ1) is 11.5. The van der Waals surface area contributed by atoms with Crippen LogP contribution in [0.5, 0.6) is 0 Å². The van der Waals surface area contributed by atoms with Gasteiger partial charge >= 0.3 is 0 Å². The van der Waals surface area contributed by atoms with E-state index < -0.39 is 0 Å². The predicted octanol–water partition coefficient (Wildman–Crippen LogP) is 3.31. The minimum atomic E-state index is 0.357. The minimum absolute atomic E-state index is 0.357. The first-order chi connectivity index (χ1) is 7.43. The van der Waals surface area contributed by atoms with Gasteiger partial charge in [0.25, 0.3) is 0 Å². The van der Waals surface area contributed by atoms with Crippen LogP contribution in [0.1, 0.15) is 47.1 Å². The summed E-state index contributed by atoms with van der Waals surface area (Å²) in [6.45, 7) is 12.5. The van der Waals surface area contributed by atoms with Gasteiger partial charge in [0.1, 0.15) is 0 Å². The van der Waals surface area contributed by atoms with Crippen molar-refractivity contribution in [2.75, 3.05) is 11.9 Å². The van der Waals surface area contributed by atoms with Crippen molar-refractivity contribution in [3.63, 3.8) is 0 Å². The van der Waals surface area contributed by atoms with Crippen molar-refractivity contribution in [1.82, 2.24) is 9.55 Å². The molecule has 0 bridgehead atoms. The lowest BCUT2D eigenvalue weighted by Crippen LogP contribution is -2.09. The number of rotatable bonds is 4. The standard InChI is InChI=1S/C13H23N3/c1-6-7-14-11-15-8-9-16(11)10-12(2,3)13(10,4)5/h8-10H,6-7H2,1-5H3,(H,14,15). The molecule has 1 N–H and O–H groups in total. The Morgan fingerprint density at radius 3 is 2.44 bits per heavy atom. The van der Waals surface area contributed by atoms with Crippen molar-refractivity contribution in [3.05, 3.63) is 12.4 Å². The molecule has 0 amide bonds. The quantitative estimate of drug-likeness (QED) is 0.845. The molecule has 1 fully saturated rings. The first-order valence-corrected chi connectivity index (χ1v) is 6.19. The normalized spacial score (nSPS) is 22.1. The van der Waals surface area contributed by atoms with E-state index in [1.54, 1.807) is 0 Å². The van der Waals surface area contributed by atoms with Crippen LogP contribution >= 0.6 is 0 Å². The summed E-state index contributed by atoms with van der Waals surface area (Å²) in [4.78, 5) is 4.40. The van der Waals surface area contributed by atoms with Crippen LogP contribution in [0.4, 0.5) is 5.95 Å². The van der Waals surface area contributed by atoms with Gasteiger partial charge in [-0.3, -0.25) is 0 Å². The number of anilines is 1. The summed E-state index contributed by atoms with van der Waals surface area (Å²) in [6, 6.07) is 0.557. The van der Waals surface area contributed by atoms with Crippen molar-refractivity contribution >= 4 is 5.95 Å². The Balaban J connectivity index is 2.20. The van der Waals surface area contributed by atoms with E-state index in [9.17, 15) is 0 Å². The summed E-state index contributed by atoms with van der Waals surface area (Å²) in [5.41, 5.74) is 0.715. The SMILES string of the molecule is CCCNc1nccn1C1C(C)(C)C1(C)C. The number of aromatic nitrogens is 2. The fourth-order valence-corrected chi connectivity index (χ4v) is 2.75. The van der Waals surface area contributed by atoms with Crippen molar-refractivity contribution in [1.29, 1.82) is 0 Å². The molecule has 90 valence electrons. The molecule has 1 aliphatic rings. The van der Waals surface area contributed by atoms with Crippen LogP contribution in [-0.4, -0.2) is 16.1 Å². The Morgan fingerprint density at radius 2 is 1.94 bits per heavy atom. The molecule has 0 spiro atoms. The topological polar surface area (TPSA) is 29.9 Å². The highest BCUT2D eigenvalue weighted by Crippen LogP contribution is 2.71. The largest absolute Gasteiger partial charge is 0.356 e. The molecule has 0 saturated heterocycles. The number of nitrogens with zero attached hydrogens (tertiary/aromatic N) is 2. The lowest BCUT2D eigenvalue weighted by Gasteiger charge is -2.10. The van der Waals surface area contributed by atoms with Crippen LogP contribution in [0.15, 0.2) is 12.4 Å². The van der Waals surface area contributed by atoms with Gasteiger partial charge in [-0.05, 0) is 17.3 Å². The maximum Gasteiger partial charge on any atom is 0.203 e. The van der Waals surface area contributed by atoms with Gasteiger partial charge in [-0.15, -0.1) is 0 Å². The Labute approximate surface area is 98.3 Å². The molecule has 1 aromatic heterocycles. The van der Waals surface area contributed by atoms with Gasteiger partial charge in [-0.25, -0.2) is 4.98 Å². The summed E-state index contributed by atoms with van der Waals surface area (Å²) in [5.74, 6) is 1.02. The maximum atomic E-state index is 4.40. The van der Waals surface area contributed by atoms with E-state index in [0.717, 1.165) is 18.9 Å². The third-order valence-electron chi connectivity index (χ3n) is 4.42. The monoisotopic (exact) mass is 221 g/mol. The lowest BCUT2D eigenvalue weighted by molar-refractivity contribution is 0.457. The van der Waals surface area contributed by atoms with Crippen molar-refractivity contribution in [2.45, 2.75) is 47.1 Å². The molecular weight excluding hydrogens is 198 g/mol. The maximum absolute atomic E-state index is 4.40. The number of nitrogens with one attached hydrogen (secondary N) is 1. The molecule has 3 nitrogen and oxygen atoms in total. The fourth-order valence-electron chi connectivity index (χ4n) is 2.75. The summed E-state index contributed by atoms with van der Waals surface area (Å²) in [7, 11) is 0. The zero-order valence-corrected chi connectivity index (χ0v) is 11.0. The molecule has 0 aliphatic heterocycles.